The normalized spacial score (nSPS) is 16.9. The van der Waals surface area contributed by atoms with Crippen LogP contribution in [0.25, 0.3) is 20.4 Å². The summed E-state index contributed by atoms with van der Waals surface area (Å²) in [6.07, 6.45) is 8.07. The minimum Gasteiger partial charge on any atom is -0.489 e. The summed E-state index contributed by atoms with van der Waals surface area (Å²) in [5.41, 5.74) is 8.35. The summed E-state index contributed by atoms with van der Waals surface area (Å²) >= 11 is 3.12. The number of aliphatic carboxylic acids is 1. The number of aliphatic imine (C=N–C) groups is 2. The molecule has 10 rings (SSSR count). The van der Waals surface area contributed by atoms with Crippen LogP contribution in [0.15, 0.2) is 46.9 Å². The number of hydrogen-bond donors (Lipinski definition) is 3. The smallest absolute Gasteiger partial charge is 0.306 e. The molecule has 3 N–H and O–H groups in total. The van der Waals surface area contributed by atoms with Crippen molar-refractivity contribution in [3.05, 3.63) is 80.1 Å². The molecule has 4 aliphatic rings. The number of nitrogens with zero attached hydrogens (tertiary/aromatic N) is 7. The second-order valence-corrected chi connectivity index (χ2v) is 19.4. The second-order valence-electron chi connectivity index (χ2n) is 17.3. The van der Waals surface area contributed by atoms with Gasteiger partial charge in [-0.1, -0.05) is 0 Å². The number of aryl methyl sites for hydroxylation is 2. The maximum atomic E-state index is 12.8. The Kier molecular flexibility index (Phi) is 12.5. The molecular weight excluding hydrogens is 873 g/mol. The first-order valence-corrected chi connectivity index (χ1v) is 23.4. The van der Waals surface area contributed by atoms with Gasteiger partial charge >= 0.3 is 5.97 Å². The van der Waals surface area contributed by atoms with Crippen LogP contribution < -0.4 is 20.1 Å². The van der Waals surface area contributed by atoms with Crippen molar-refractivity contribution in [2.45, 2.75) is 97.9 Å². The van der Waals surface area contributed by atoms with Crippen LogP contribution >= 0.6 is 22.7 Å². The van der Waals surface area contributed by atoms with Gasteiger partial charge in [-0.15, -0.1) is 22.7 Å². The summed E-state index contributed by atoms with van der Waals surface area (Å²) in [5.74, 6) is 1.36. The largest absolute Gasteiger partial charge is 0.489 e. The highest BCUT2D eigenvalue weighted by molar-refractivity contribution is 7.19. The number of alkyl halides is 2. The summed E-state index contributed by atoms with van der Waals surface area (Å²) < 4.78 is 37.7. The van der Waals surface area contributed by atoms with Gasteiger partial charge in [0.1, 0.15) is 45.5 Å². The van der Waals surface area contributed by atoms with Crippen LogP contribution in [0.2, 0.25) is 0 Å². The molecule has 0 saturated carbocycles. The number of carbonyl (C=O) groups excluding carboxylic acids is 1. The van der Waals surface area contributed by atoms with Crippen LogP contribution in [0.1, 0.15) is 83.7 Å². The number of benzene rings is 2. The quantitative estimate of drug-likeness (QED) is 0.107. The van der Waals surface area contributed by atoms with E-state index >= 15 is 0 Å². The Bertz CT molecular complexity index is 2880. The standard InChI is InChI=1S/C25H27F2N5O2S.C22H22N4O3S/c1-13(2)34-19-7-16-10-28-9-15(16)6-18(19)31-23-22-17-5-4-14(25(33)32(3)11-21(26)27)8-20(17)35-24(22)30-12-29-23;1-11(2)29-17-6-14-9-23-8-13(14)5-16(17)26-20-19-15-4-3-12(22(27)28)7-18(15)30-21(19)25-10-24-20/h6-7,9,12-14,21H,4-5,8,10-11H2,1-3H3,(H,29,30,31);5-6,8,10-12H,3-4,7,9H2,1-2H3,(H,27,28)(H,24,25,26)/t14-;12-/m11/s1. The first kappa shape index (κ1) is 44.1. The van der Waals surface area contributed by atoms with Crippen molar-refractivity contribution < 1.29 is 33.0 Å². The van der Waals surface area contributed by atoms with Crippen LogP contribution in [0.4, 0.5) is 31.8 Å². The number of hydrogen-bond acceptors (Lipinski definition) is 14. The highest BCUT2D eigenvalue weighted by atomic mass is 32.1. The molecule has 0 bridgehead atoms. The summed E-state index contributed by atoms with van der Waals surface area (Å²) in [5, 5.41) is 18.3. The number of thiophene rings is 2. The van der Waals surface area contributed by atoms with Crippen molar-refractivity contribution in [3.63, 3.8) is 0 Å². The lowest BCUT2D eigenvalue weighted by Crippen LogP contribution is -2.38. The number of aromatic nitrogens is 4. The Morgan fingerprint density at radius 3 is 1.69 bits per heavy atom. The average Bonchev–Trinajstić information content (AvgIpc) is 4.07. The van der Waals surface area contributed by atoms with E-state index in [-0.39, 0.29) is 30.0 Å². The fraction of sp³-hybridized carbons (Fsp3) is 0.404. The molecule has 65 heavy (non-hydrogen) atoms. The van der Waals surface area contributed by atoms with Gasteiger partial charge in [0, 0.05) is 35.1 Å². The Morgan fingerprint density at radius 2 is 1.23 bits per heavy atom. The van der Waals surface area contributed by atoms with Crippen molar-refractivity contribution in [1.82, 2.24) is 24.8 Å². The number of amides is 1. The van der Waals surface area contributed by atoms with Crippen LogP contribution in [0.5, 0.6) is 11.5 Å². The maximum absolute atomic E-state index is 12.8. The van der Waals surface area contributed by atoms with Gasteiger partial charge in [-0.25, -0.2) is 28.7 Å². The van der Waals surface area contributed by atoms with Gasteiger partial charge in [-0.2, -0.15) is 0 Å². The lowest BCUT2D eigenvalue weighted by molar-refractivity contribution is -0.142. The van der Waals surface area contributed by atoms with Gasteiger partial charge in [0.2, 0.25) is 5.91 Å². The van der Waals surface area contributed by atoms with E-state index in [1.807, 2.05) is 58.3 Å². The molecule has 0 unspecified atom stereocenters. The summed E-state index contributed by atoms with van der Waals surface area (Å²) in [6, 6.07) is 8.16. The van der Waals surface area contributed by atoms with Gasteiger partial charge in [-0.3, -0.25) is 19.6 Å². The molecule has 0 fully saturated rings. The van der Waals surface area contributed by atoms with Gasteiger partial charge in [-0.05, 0) is 124 Å². The molecule has 6 heterocycles. The Balaban J connectivity index is 0.000000166. The van der Waals surface area contributed by atoms with E-state index in [1.165, 1.54) is 18.9 Å². The van der Waals surface area contributed by atoms with Gasteiger partial charge in [0.15, 0.2) is 0 Å². The van der Waals surface area contributed by atoms with E-state index in [0.29, 0.717) is 51.0 Å². The first-order valence-electron chi connectivity index (χ1n) is 21.8. The summed E-state index contributed by atoms with van der Waals surface area (Å²) in [7, 11) is 1.45. The fourth-order valence-corrected chi connectivity index (χ4v) is 11.4. The van der Waals surface area contributed by atoms with E-state index in [0.717, 1.165) is 98.0 Å². The number of fused-ring (bicyclic) bond motifs is 8. The predicted octanol–water partition coefficient (Wildman–Crippen LogP) is 9.33. The van der Waals surface area contributed by atoms with Gasteiger partial charge < -0.3 is 30.1 Å². The van der Waals surface area contributed by atoms with Crippen molar-refractivity contribution in [3.8, 4) is 11.5 Å². The SMILES string of the molecule is CC(C)Oc1cc2c(cc1Nc1ncnc3sc4c(c13)CC[C@@H](C(=O)N(C)CC(F)F)C4)C=NC2.CC(C)Oc1cc2c(cc1Nc1ncnc3sc4c(c13)CC[C@@H](C(=O)O)C4)C=NC2. The molecule has 0 saturated heterocycles. The van der Waals surface area contributed by atoms with Crippen molar-refractivity contribution in [1.29, 1.82) is 0 Å². The maximum Gasteiger partial charge on any atom is 0.306 e. The molecule has 2 atom stereocenters. The van der Waals surface area contributed by atoms with Crippen molar-refractivity contribution >= 4 is 90.4 Å². The Hall–Kier alpha value is -6.14. The Morgan fingerprint density at radius 1 is 0.754 bits per heavy atom. The van der Waals surface area contributed by atoms with E-state index in [4.69, 9.17) is 9.47 Å². The zero-order valence-electron chi connectivity index (χ0n) is 36.7. The first-order chi connectivity index (χ1) is 31.3. The molecule has 18 heteroatoms. The molecule has 1 amide bonds. The third-order valence-corrected chi connectivity index (χ3v) is 14.2. The minimum absolute atomic E-state index is 0.00733. The molecule has 6 aromatic rings. The number of anilines is 4. The number of nitrogens with one attached hydrogen (secondary N) is 2. The number of halogens is 2. The van der Waals surface area contributed by atoms with E-state index in [9.17, 15) is 23.5 Å². The number of carbonyl (C=O) groups is 2. The lowest BCUT2D eigenvalue weighted by Gasteiger charge is -2.26. The van der Waals surface area contributed by atoms with Crippen molar-refractivity contribution in [2.75, 3.05) is 24.2 Å². The van der Waals surface area contributed by atoms with Crippen molar-refractivity contribution in [2.24, 2.45) is 21.8 Å². The van der Waals surface area contributed by atoms with Crippen LogP contribution in [-0.4, -0.2) is 86.5 Å². The van der Waals surface area contributed by atoms with Gasteiger partial charge in [0.25, 0.3) is 6.43 Å². The number of carboxylic acid groups (broad SMARTS) is 1. The van der Waals surface area contributed by atoms with E-state index in [2.05, 4.69) is 46.6 Å². The Labute approximate surface area is 382 Å². The number of carboxylic acids is 1. The molecule has 2 aliphatic carbocycles. The molecule has 2 aromatic carbocycles. The summed E-state index contributed by atoms with van der Waals surface area (Å²) in [6.45, 7) is 8.76. The molecule has 14 nitrogen and oxygen atoms in total. The van der Waals surface area contributed by atoms with E-state index < -0.39 is 18.9 Å². The minimum atomic E-state index is -2.54. The molecule has 338 valence electrons. The molecule has 0 spiro atoms. The molecule has 2 aliphatic heterocycles. The van der Waals surface area contributed by atoms with Crippen LogP contribution in [0, 0.1) is 11.8 Å². The highest BCUT2D eigenvalue weighted by Crippen LogP contribution is 2.44. The number of ether oxygens (including phenoxy) is 2. The zero-order valence-corrected chi connectivity index (χ0v) is 38.3. The molecule has 0 radical (unpaired) electrons. The molecule has 4 aromatic heterocycles. The second kappa shape index (κ2) is 18.4. The predicted molar refractivity (Wildman–Crippen MR) is 251 cm³/mol. The zero-order chi connectivity index (χ0) is 45.5. The van der Waals surface area contributed by atoms with E-state index in [1.54, 1.807) is 29.0 Å². The fourth-order valence-electron chi connectivity index (χ4n) is 8.87. The molecular formula is C47H49F2N9O5S2. The highest BCUT2D eigenvalue weighted by Gasteiger charge is 2.32. The summed E-state index contributed by atoms with van der Waals surface area (Å²) in [4.78, 5) is 55.9. The van der Waals surface area contributed by atoms with Crippen LogP contribution in [-0.2, 0) is 48.4 Å². The number of rotatable bonds is 12. The third-order valence-electron chi connectivity index (χ3n) is 11.9. The van der Waals surface area contributed by atoms with Gasteiger partial charge in [0.05, 0.1) is 59.9 Å². The third kappa shape index (κ3) is 9.23. The average molecular weight is 922 g/mol. The van der Waals surface area contributed by atoms with Crippen LogP contribution in [0.3, 0.4) is 0 Å². The lowest BCUT2D eigenvalue weighted by atomic mass is 9.87. The monoisotopic (exact) mass is 921 g/mol. The topological polar surface area (TPSA) is 176 Å².